The van der Waals surface area contributed by atoms with Gasteiger partial charge < -0.3 is 9.15 Å². The molecule has 0 radical (unpaired) electrons. The Morgan fingerprint density at radius 1 is 1.27 bits per heavy atom. The Labute approximate surface area is 140 Å². The summed E-state index contributed by atoms with van der Waals surface area (Å²) in [5.74, 6) is 3.67. The number of benzene rings is 1. The minimum Gasteiger partial charge on any atom is -0.483 e. The Kier molecular flexibility index (Phi) is 6.08. The van der Waals surface area contributed by atoms with Crippen LogP contribution in [0.1, 0.15) is 56.5 Å². The molecule has 120 valence electrons. The van der Waals surface area contributed by atoms with Gasteiger partial charge in [-0.3, -0.25) is 0 Å². The Balaban J connectivity index is 2.00. The van der Waals surface area contributed by atoms with E-state index >= 15 is 0 Å². The standard InChI is InChI=1S/C16H22N2O2S2/c1-10(2)12-6-5-7-13(15(12)11(3)4)19-9-22-8-14-17-18-16(21)20-14/h5-7,10-11H,8-9H2,1-4H3,(H,18,21). The van der Waals surface area contributed by atoms with E-state index in [1.807, 2.05) is 6.07 Å². The van der Waals surface area contributed by atoms with Gasteiger partial charge in [-0.1, -0.05) is 39.8 Å². The molecule has 2 aromatic rings. The summed E-state index contributed by atoms with van der Waals surface area (Å²) in [6.07, 6.45) is 0. The van der Waals surface area contributed by atoms with Gasteiger partial charge in [-0.15, -0.1) is 16.9 Å². The summed E-state index contributed by atoms with van der Waals surface area (Å²) in [5, 5.41) is 6.59. The third-order valence-corrected chi connectivity index (χ3v) is 4.22. The molecule has 4 nitrogen and oxygen atoms in total. The number of ether oxygens (including phenoxy) is 1. The lowest BCUT2D eigenvalue weighted by molar-refractivity contribution is 0.384. The molecule has 0 saturated heterocycles. The Hall–Kier alpha value is -1.27. The average molecular weight is 338 g/mol. The van der Waals surface area contributed by atoms with Crippen LogP contribution < -0.4 is 4.74 Å². The van der Waals surface area contributed by atoms with E-state index in [0.29, 0.717) is 34.3 Å². The lowest BCUT2D eigenvalue weighted by atomic mass is 9.90. The van der Waals surface area contributed by atoms with Crippen molar-refractivity contribution in [3.8, 4) is 5.75 Å². The maximum atomic E-state index is 5.98. The topological polar surface area (TPSA) is 51.0 Å². The van der Waals surface area contributed by atoms with Crippen LogP contribution in [0.5, 0.6) is 5.75 Å². The van der Waals surface area contributed by atoms with Gasteiger partial charge in [-0.25, -0.2) is 5.10 Å². The van der Waals surface area contributed by atoms with E-state index in [9.17, 15) is 0 Å². The number of H-pyrrole nitrogens is 1. The molecular formula is C16H22N2O2S2. The molecule has 1 aromatic heterocycles. The number of aromatic nitrogens is 2. The fourth-order valence-corrected chi connectivity index (χ4v) is 3.10. The van der Waals surface area contributed by atoms with Crippen LogP contribution in [0.2, 0.25) is 0 Å². The van der Waals surface area contributed by atoms with Crippen LogP contribution in [-0.4, -0.2) is 16.1 Å². The minimum absolute atomic E-state index is 0.309. The molecule has 1 N–H and O–H groups in total. The van der Waals surface area contributed by atoms with Crippen LogP contribution in [0, 0.1) is 4.84 Å². The van der Waals surface area contributed by atoms with Crippen molar-refractivity contribution in [3.63, 3.8) is 0 Å². The summed E-state index contributed by atoms with van der Waals surface area (Å²) >= 11 is 6.45. The predicted molar refractivity (Wildman–Crippen MR) is 93.1 cm³/mol. The molecule has 1 aromatic carbocycles. The van der Waals surface area contributed by atoms with E-state index in [1.54, 1.807) is 11.8 Å². The molecule has 0 spiro atoms. The molecule has 0 bridgehead atoms. The zero-order valence-corrected chi connectivity index (χ0v) is 15.0. The van der Waals surface area contributed by atoms with Gasteiger partial charge in [0.2, 0.25) is 5.89 Å². The van der Waals surface area contributed by atoms with Gasteiger partial charge in [0.25, 0.3) is 4.84 Å². The fourth-order valence-electron chi connectivity index (χ4n) is 2.36. The van der Waals surface area contributed by atoms with Gasteiger partial charge >= 0.3 is 0 Å². The van der Waals surface area contributed by atoms with Crippen LogP contribution in [-0.2, 0) is 5.75 Å². The third kappa shape index (κ3) is 4.36. The summed E-state index contributed by atoms with van der Waals surface area (Å²) in [7, 11) is 0. The highest BCUT2D eigenvalue weighted by Gasteiger charge is 2.15. The van der Waals surface area contributed by atoms with Crippen molar-refractivity contribution in [1.82, 2.24) is 10.2 Å². The largest absolute Gasteiger partial charge is 0.483 e. The maximum absolute atomic E-state index is 5.98. The number of aromatic amines is 1. The molecular weight excluding hydrogens is 316 g/mol. The lowest BCUT2D eigenvalue weighted by Crippen LogP contribution is -2.04. The molecule has 0 unspecified atom stereocenters. The first-order valence-electron chi connectivity index (χ1n) is 7.36. The molecule has 0 fully saturated rings. The van der Waals surface area contributed by atoms with E-state index < -0.39 is 0 Å². The number of hydrogen-bond acceptors (Lipinski definition) is 5. The highest BCUT2D eigenvalue weighted by molar-refractivity contribution is 7.98. The number of nitrogens with zero attached hydrogens (tertiary/aromatic N) is 1. The number of hydrogen-bond donors (Lipinski definition) is 1. The summed E-state index contributed by atoms with van der Waals surface area (Å²) in [6, 6.07) is 6.30. The van der Waals surface area contributed by atoms with Crippen LogP contribution in [0.4, 0.5) is 0 Å². The molecule has 0 aliphatic heterocycles. The summed E-state index contributed by atoms with van der Waals surface area (Å²) in [6.45, 7) is 8.83. The van der Waals surface area contributed by atoms with E-state index in [2.05, 4.69) is 50.0 Å². The van der Waals surface area contributed by atoms with Gasteiger partial charge in [0.1, 0.15) is 11.7 Å². The first-order chi connectivity index (χ1) is 10.5. The van der Waals surface area contributed by atoms with Crippen LogP contribution in [0.25, 0.3) is 0 Å². The van der Waals surface area contributed by atoms with Crippen LogP contribution in [0.15, 0.2) is 22.6 Å². The second-order valence-electron chi connectivity index (χ2n) is 5.69. The lowest BCUT2D eigenvalue weighted by Gasteiger charge is -2.20. The van der Waals surface area contributed by atoms with Crippen molar-refractivity contribution in [3.05, 3.63) is 40.1 Å². The van der Waals surface area contributed by atoms with E-state index in [-0.39, 0.29) is 0 Å². The van der Waals surface area contributed by atoms with Crippen LogP contribution in [0.3, 0.4) is 0 Å². The molecule has 6 heteroatoms. The van der Waals surface area contributed by atoms with Crippen molar-refractivity contribution >= 4 is 24.0 Å². The summed E-state index contributed by atoms with van der Waals surface area (Å²) in [5.41, 5.74) is 2.66. The Morgan fingerprint density at radius 2 is 2.05 bits per heavy atom. The average Bonchev–Trinajstić information content (AvgIpc) is 2.88. The first-order valence-corrected chi connectivity index (χ1v) is 8.93. The zero-order chi connectivity index (χ0) is 16.1. The highest BCUT2D eigenvalue weighted by atomic mass is 32.2. The van der Waals surface area contributed by atoms with Crippen molar-refractivity contribution in [2.75, 3.05) is 5.94 Å². The van der Waals surface area contributed by atoms with Crippen molar-refractivity contribution in [2.45, 2.75) is 45.3 Å². The summed E-state index contributed by atoms with van der Waals surface area (Å²) < 4.78 is 11.2. The molecule has 0 saturated carbocycles. The Morgan fingerprint density at radius 3 is 2.64 bits per heavy atom. The third-order valence-electron chi connectivity index (χ3n) is 3.30. The van der Waals surface area contributed by atoms with Crippen molar-refractivity contribution < 1.29 is 9.15 Å². The fraction of sp³-hybridized carbons (Fsp3) is 0.500. The normalized spacial score (nSPS) is 11.4. The quantitative estimate of drug-likeness (QED) is 0.424. The predicted octanol–water partition coefficient (Wildman–Crippen LogP) is 5.25. The molecule has 1 heterocycles. The molecule has 0 atom stereocenters. The van der Waals surface area contributed by atoms with Gasteiger partial charge in [0, 0.05) is 5.56 Å². The molecule has 0 aliphatic rings. The van der Waals surface area contributed by atoms with Gasteiger partial charge in [-0.05, 0) is 35.7 Å². The van der Waals surface area contributed by atoms with Gasteiger partial charge in [0.15, 0.2) is 0 Å². The van der Waals surface area contributed by atoms with Crippen molar-refractivity contribution in [1.29, 1.82) is 0 Å². The van der Waals surface area contributed by atoms with Gasteiger partial charge in [-0.2, -0.15) is 0 Å². The van der Waals surface area contributed by atoms with Crippen LogP contribution >= 0.6 is 24.0 Å². The molecule has 2 rings (SSSR count). The first kappa shape index (κ1) is 17.1. The van der Waals surface area contributed by atoms with Crippen molar-refractivity contribution in [2.24, 2.45) is 0 Å². The number of nitrogens with one attached hydrogen (secondary N) is 1. The van der Waals surface area contributed by atoms with E-state index in [0.717, 1.165) is 5.75 Å². The molecule has 0 aliphatic carbocycles. The summed E-state index contributed by atoms with van der Waals surface area (Å²) in [4.78, 5) is 0.309. The van der Waals surface area contributed by atoms with E-state index in [1.165, 1.54) is 11.1 Å². The van der Waals surface area contributed by atoms with E-state index in [4.69, 9.17) is 21.4 Å². The minimum atomic E-state index is 0.309. The number of rotatable bonds is 7. The highest BCUT2D eigenvalue weighted by Crippen LogP contribution is 2.34. The maximum Gasteiger partial charge on any atom is 0.284 e. The monoisotopic (exact) mass is 338 g/mol. The SMILES string of the molecule is CC(C)c1cccc(OCSCc2n[nH]c(=S)o2)c1C(C)C. The smallest absolute Gasteiger partial charge is 0.284 e. The zero-order valence-electron chi connectivity index (χ0n) is 13.4. The molecule has 0 amide bonds. The number of thioether (sulfide) groups is 1. The second kappa shape index (κ2) is 7.83. The Bertz CT molecular complexity index is 662. The second-order valence-corrected chi connectivity index (χ2v) is 6.99. The molecule has 22 heavy (non-hydrogen) atoms. The van der Waals surface area contributed by atoms with Gasteiger partial charge in [0.05, 0.1) is 5.75 Å².